The van der Waals surface area contributed by atoms with E-state index in [4.69, 9.17) is 0 Å². The van der Waals surface area contributed by atoms with Gasteiger partial charge in [-0.05, 0) is 13.5 Å². The van der Waals surface area contributed by atoms with E-state index in [2.05, 4.69) is 24.1 Å². The highest BCUT2D eigenvalue weighted by Crippen LogP contribution is 2.15. The Morgan fingerprint density at radius 3 is 2.75 bits per heavy atom. The third-order valence-corrected chi connectivity index (χ3v) is 3.11. The van der Waals surface area contributed by atoms with Crippen LogP contribution in [0, 0.1) is 0 Å². The molecule has 0 saturated carbocycles. The number of likely N-dealkylation sites (N-methyl/N-ethyl adjacent to an activating group) is 1. The molecule has 1 aromatic rings. The molecule has 84 valence electrons. The zero-order valence-electron chi connectivity index (χ0n) is 9.60. The monoisotopic (exact) mass is 215 g/mol. The second kappa shape index (κ2) is 5.08. The minimum Gasteiger partial charge on any atom is -0.299 e. The van der Waals surface area contributed by atoms with Crippen molar-refractivity contribution in [3.05, 3.63) is 48.0 Å². The number of nitrogens with zero attached hydrogens (tertiary/aromatic N) is 1. The van der Waals surface area contributed by atoms with Gasteiger partial charge in [-0.3, -0.25) is 9.69 Å². The van der Waals surface area contributed by atoms with Gasteiger partial charge in [0.25, 0.3) is 0 Å². The minimum atomic E-state index is 0.243. The molecule has 0 aliphatic carbocycles. The number of hydrogen-bond acceptors (Lipinski definition) is 2. The van der Waals surface area contributed by atoms with E-state index in [1.165, 1.54) is 0 Å². The summed E-state index contributed by atoms with van der Waals surface area (Å²) in [5.74, 6) is 0.243. The smallest absolute Gasteiger partial charge is 0.164 e. The first-order valence-electron chi connectivity index (χ1n) is 5.71. The molecular weight excluding hydrogens is 198 g/mol. The van der Waals surface area contributed by atoms with Crippen molar-refractivity contribution in [2.24, 2.45) is 0 Å². The van der Waals surface area contributed by atoms with Crippen molar-refractivity contribution < 1.29 is 4.79 Å². The van der Waals surface area contributed by atoms with Crippen LogP contribution in [0.4, 0.5) is 0 Å². The molecule has 1 heterocycles. The van der Waals surface area contributed by atoms with E-state index < -0.39 is 0 Å². The fourth-order valence-corrected chi connectivity index (χ4v) is 2.02. The van der Waals surface area contributed by atoms with Crippen LogP contribution in [-0.4, -0.2) is 30.3 Å². The van der Waals surface area contributed by atoms with Crippen molar-refractivity contribution >= 4 is 5.78 Å². The van der Waals surface area contributed by atoms with Gasteiger partial charge in [0.05, 0.1) is 0 Å². The molecule has 2 heteroatoms. The van der Waals surface area contributed by atoms with E-state index in [1.54, 1.807) is 0 Å². The highest BCUT2D eigenvalue weighted by Gasteiger charge is 2.19. The van der Waals surface area contributed by atoms with Crippen LogP contribution in [0.2, 0.25) is 0 Å². The van der Waals surface area contributed by atoms with Crippen molar-refractivity contribution in [3.63, 3.8) is 0 Å². The lowest BCUT2D eigenvalue weighted by atomic mass is 9.99. The Balaban J connectivity index is 2.00. The van der Waals surface area contributed by atoms with Gasteiger partial charge in [0.1, 0.15) is 0 Å². The topological polar surface area (TPSA) is 20.3 Å². The molecule has 0 spiro atoms. The fourth-order valence-electron chi connectivity index (χ4n) is 2.02. The first-order valence-corrected chi connectivity index (χ1v) is 5.71. The maximum Gasteiger partial charge on any atom is 0.164 e. The highest BCUT2D eigenvalue weighted by atomic mass is 16.1. The van der Waals surface area contributed by atoms with Crippen LogP contribution in [0.1, 0.15) is 23.2 Å². The summed E-state index contributed by atoms with van der Waals surface area (Å²) in [6.07, 6.45) is 5.92. The number of rotatable bonds is 3. The Morgan fingerprint density at radius 1 is 1.31 bits per heavy atom. The summed E-state index contributed by atoms with van der Waals surface area (Å²) in [5.41, 5.74) is 0.824. The van der Waals surface area contributed by atoms with Crippen LogP contribution in [-0.2, 0) is 0 Å². The maximum absolute atomic E-state index is 12.0. The van der Waals surface area contributed by atoms with Crippen molar-refractivity contribution in [1.29, 1.82) is 0 Å². The predicted molar refractivity (Wildman–Crippen MR) is 65.6 cm³/mol. The van der Waals surface area contributed by atoms with E-state index in [9.17, 15) is 4.79 Å². The number of ketones is 1. The number of carbonyl (C=O) groups excluding carboxylic acids is 1. The molecule has 1 aliphatic rings. The van der Waals surface area contributed by atoms with E-state index in [0.29, 0.717) is 12.5 Å². The summed E-state index contributed by atoms with van der Waals surface area (Å²) < 4.78 is 0. The fraction of sp³-hybridized carbons (Fsp3) is 0.357. The van der Waals surface area contributed by atoms with Crippen molar-refractivity contribution in [2.75, 3.05) is 13.6 Å². The van der Waals surface area contributed by atoms with Crippen molar-refractivity contribution in [2.45, 2.75) is 18.9 Å². The van der Waals surface area contributed by atoms with Crippen molar-refractivity contribution in [3.8, 4) is 0 Å². The van der Waals surface area contributed by atoms with E-state index in [-0.39, 0.29) is 5.78 Å². The summed E-state index contributed by atoms with van der Waals surface area (Å²) >= 11 is 0. The largest absolute Gasteiger partial charge is 0.299 e. The zero-order valence-corrected chi connectivity index (χ0v) is 9.60. The standard InChI is InChI=1S/C14H17NO/c1-15-10-6-5-9-13(15)11-14(16)12-7-3-2-4-8-12/h2-8,13H,9-11H2,1H3. The molecule has 1 unspecified atom stereocenters. The summed E-state index contributed by atoms with van der Waals surface area (Å²) in [6, 6.07) is 9.90. The second-order valence-electron chi connectivity index (χ2n) is 4.29. The molecule has 0 aromatic heterocycles. The normalized spacial score (nSPS) is 20.9. The molecule has 1 atom stereocenters. The number of carbonyl (C=O) groups is 1. The maximum atomic E-state index is 12.0. The third-order valence-electron chi connectivity index (χ3n) is 3.11. The number of Topliss-reactive ketones (excluding diaryl/α,β-unsaturated/α-hetero) is 1. The van der Waals surface area contributed by atoms with E-state index in [0.717, 1.165) is 18.5 Å². The highest BCUT2D eigenvalue weighted by molar-refractivity contribution is 5.96. The van der Waals surface area contributed by atoms with Gasteiger partial charge in [-0.1, -0.05) is 42.5 Å². The molecule has 1 aliphatic heterocycles. The first-order chi connectivity index (χ1) is 7.77. The Kier molecular flexibility index (Phi) is 3.52. The molecular formula is C14H17NO. The molecule has 16 heavy (non-hydrogen) atoms. The van der Waals surface area contributed by atoms with Crippen molar-refractivity contribution in [1.82, 2.24) is 4.90 Å². The van der Waals surface area contributed by atoms with E-state index in [1.807, 2.05) is 30.3 Å². The van der Waals surface area contributed by atoms with E-state index >= 15 is 0 Å². The quantitative estimate of drug-likeness (QED) is 0.570. The van der Waals surface area contributed by atoms with Crippen LogP contribution >= 0.6 is 0 Å². The summed E-state index contributed by atoms with van der Waals surface area (Å²) in [6.45, 7) is 0.951. The Bertz CT molecular complexity index is 383. The zero-order chi connectivity index (χ0) is 11.4. The average Bonchev–Trinajstić information content (AvgIpc) is 2.33. The number of hydrogen-bond donors (Lipinski definition) is 0. The molecule has 0 saturated heterocycles. The van der Waals surface area contributed by atoms with Crippen LogP contribution < -0.4 is 0 Å². The molecule has 0 fully saturated rings. The molecule has 2 nitrogen and oxygen atoms in total. The Labute approximate surface area is 96.6 Å². The molecule has 2 rings (SSSR count). The van der Waals surface area contributed by atoms with Gasteiger partial charge in [0, 0.05) is 24.6 Å². The predicted octanol–water partition coefficient (Wildman–Crippen LogP) is 2.52. The summed E-state index contributed by atoms with van der Waals surface area (Å²) in [5, 5.41) is 0. The SMILES string of the molecule is CN1CC=CCC1CC(=O)c1ccccc1. The lowest BCUT2D eigenvalue weighted by molar-refractivity contribution is 0.0937. The first kappa shape index (κ1) is 11.1. The minimum absolute atomic E-state index is 0.243. The van der Waals surface area contributed by atoms with Crippen LogP contribution in [0.5, 0.6) is 0 Å². The van der Waals surface area contributed by atoms with Gasteiger partial charge in [-0.15, -0.1) is 0 Å². The van der Waals surface area contributed by atoms with Crippen LogP contribution in [0.3, 0.4) is 0 Å². The lowest BCUT2D eigenvalue weighted by Crippen LogP contribution is -2.35. The third kappa shape index (κ3) is 2.58. The summed E-state index contributed by atoms with van der Waals surface area (Å²) in [7, 11) is 2.08. The lowest BCUT2D eigenvalue weighted by Gasteiger charge is -2.28. The molecule has 0 radical (unpaired) electrons. The van der Waals surface area contributed by atoms with Gasteiger partial charge in [-0.2, -0.15) is 0 Å². The molecule has 0 bridgehead atoms. The van der Waals surface area contributed by atoms with Gasteiger partial charge < -0.3 is 0 Å². The Hall–Kier alpha value is -1.41. The van der Waals surface area contributed by atoms with Gasteiger partial charge in [0.2, 0.25) is 0 Å². The Morgan fingerprint density at radius 2 is 2.06 bits per heavy atom. The molecule has 0 N–H and O–H groups in total. The second-order valence-corrected chi connectivity index (χ2v) is 4.29. The average molecular weight is 215 g/mol. The summed E-state index contributed by atoms with van der Waals surface area (Å²) in [4.78, 5) is 14.2. The van der Waals surface area contributed by atoms with Gasteiger partial charge in [0.15, 0.2) is 5.78 Å². The van der Waals surface area contributed by atoms with Gasteiger partial charge >= 0.3 is 0 Å². The number of benzene rings is 1. The van der Waals surface area contributed by atoms with Crippen LogP contribution in [0.15, 0.2) is 42.5 Å². The molecule has 1 aromatic carbocycles. The van der Waals surface area contributed by atoms with Crippen LogP contribution in [0.25, 0.3) is 0 Å². The molecule has 0 amide bonds. The van der Waals surface area contributed by atoms with Gasteiger partial charge in [-0.25, -0.2) is 0 Å².